The molecule has 2 saturated heterocycles. The molecule has 6 heteroatoms. The van der Waals surface area contributed by atoms with Gasteiger partial charge in [-0.15, -0.1) is 0 Å². The van der Waals surface area contributed by atoms with Crippen molar-refractivity contribution in [2.45, 2.75) is 18.9 Å². The van der Waals surface area contributed by atoms with Gasteiger partial charge in [0, 0.05) is 25.3 Å². The predicted molar refractivity (Wildman–Crippen MR) is 79.8 cm³/mol. The Balaban J connectivity index is 1.62. The number of carbonyl (C=O) groups is 2. The molecule has 6 nitrogen and oxygen atoms in total. The molecule has 1 aromatic rings. The molecule has 2 heterocycles. The first-order valence-electron chi connectivity index (χ1n) is 7.63. The Hall–Kier alpha value is -2.08. The van der Waals surface area contributed by atoms with Gasteiger partial charge in [-0.2, -0.15) is 0 Å². The van der Waals surface area contributed by atoms with Gasteiger partial charge in [-0.05, 0) is 31.0 Å². The standard InChI is InChI=1S/C16H20N2O4/c19-15-10-18(7-6-17-15)16(20)12-3-1-4-13(9-12)22-11-14-5-2-8-21-14/h1,3-4,9,14H,2,5-8,10-11H2,(H,17,19)/t14-/m1/s1. The van der Waals surface area contributed by atoms with Gasteiger partial charge in [0.05, 0.1) is 12.6 Å². The zero-order chi connectivity index (χ0) is 15.4. The van der Waals surface area contributed by atoms with Crippen molar-refractivity contribution >= 4 is 11.8 Å². The Labute approximate surface area is 129 Å². The van der Waals surface area contributed by atoms with Crippen molar-refractivity contribution in [2.24, 2.45) is 0 Å². The molecule has 2 fully saturated rings. The highest BCUT2D eigenvalue weighted by atomic mass is 16.5. The lowest BCUT2D eigenvalue weighted by atomic mass is 10.1. The number of hydrogen-bond acceptors (Lipinski definition) is 4. The number of hydrogen-bond donors (Lipinski definition) is 1. The van der Waals surface area contributed by atoms with Crippen molar-refractivity contribution in [1.82, 2.24) is 10.2 Å². The Morgan fingerprint density at radius 1 is 1.45 bits per heavy atom. The van der Waals surface area contributed by atoms with Crippen LogP contribution >= 0.6 is 0 Å². The third-order valence-corrected chi connectivity index (χ3v) is 3.87. The first-order chi connectivity index (χ1) is 10.7. The van der Waals surface area contributed by atoms with Gasteiger partial charge in [0.1, 0.15) is 12.4 Å². The van der Waals surface area contributed by atoms with E-state index >= 15 is 0 Å². The van der Waals surface area contributed by atoms with E-state index in [0.29, 0.717) is 31.0 Å². The van der Waals surface area contributed by atoms with Gasteiger partial charge in [0.25, 0.3) is 5.91 Å². The predicted octanol–water partition coefficient (Wildman–Crippen LogP) is 0.816. The van der Waals surface area contributed by atoms with E-state index in [9.17, 15) is 9.59 Å². The van der Waals surface area contributed by atoms with Gasteiger partial charge in [-0.1, -0.05) is 6.07 Å². The molecule has 2 aliphatic heterocycles. The second-order valence-electron chi connectivity index (χ2n) is 5.55. The van der Waals surface area contributed by atoms with Crippen LogP contribution in [0.4, 0.5) is 0 Å². The monoisotopic (exact) mass is 304 g/mol. The van der Waals surface area contributed by atoms with Crippen LogP contribution in [0.25, 0.3) is 0 Å². The highest BCUT2D eigenvalue weighted by molar-refractivity contribution is 5.97. The Bertz CT molecular complexity index is 555. The second-order valence-corrected chi connectivity index (χ2v) is 5.55. The highest BCUT2D eigenvalue weighted by Gasteiger charge is 2.22. The van der Waals surface area contributed by atoms with Gasteiger partial charge in [-0.25, -0.2) is 0 Å². The molecular weight excluding hydrogens is 284 g/mol. The molecule has 22 heavy (non-hydrogen) atoms. The average Bonchev–Trinajstić information content (AvgIpc) is 3.06. The third kappa shape index (κ3) is 3.57. The number of ether oxygens (including phenoxy) is 2. The molecule has 0 radical (unpaired) electrons. The van der Waals surface area contributed by atoms with Crippen molar-refractivity contribution in [3.05, 3.63) is 29.8 Å². The van der Waals surface area contributed by atoms with Crippen LogP contribution in [-0.2, 0) is 9.53 Å². The minimum Gasteiger partial charge on any atom is -0.491 e. The van der Waals surface area contributed by atoms with E-state index in [1.165, 1.54) is 0 Å². The molecule has 2 amide bonds. The maximum Gasteiger partial charge on any atom is 0.254 e. The van der Waals surface area contributed by atoms with E-state index in [4.69, 9.17) is 9.47 Å². The van der Waals surface area contributed by atoms with Gasteiger partial charge in [0.2, 0.25) is 5.91 Å². The van der Waals surface area contributed by atoms with Crippen LogP contribution in [0, 0.1) is 0 Å². The molecule has 0 unspecified atom stereocenters. The summed E-state index contributed by atoms with van der Waals surface area (Å²) in [4.78, 5) is 25.4. The van der Waals surface area contributed by atoms with E-state index in [1.807, 2.05) is 6.07 Å². The van der Waals surface area contributed by atoms with Gasteiger partial charge < -0.3 is 19.7 Å². The number of nitrogens with one attached hydrogen (secondary N) is 1. The smallest absolute Gasteiger partial charge is 0.254 e. The summed E-state index contributed by atoms with van der Waals surface area (Å²) in [5, 5.41) is 2.71. The molecule has 1 N–H and O–H groups in total. The summed E-state index contributed by atoms with van der Waals surface area (Å²) in [5.74, 6) is 0.394. The quantitative estimate of drug-likeness (QED) is 0.894. The van der Waals surface area contributed by atoms with Crippen LogP contribution in [0.15, 0.2) is 24.3 Å². The highest BCUT2D eigenvalue weighted by Crippen LogP contribution is 2.18. The van der Waals surface area contributed by atoms with Gasteiger partial charge in [-0.3, -0.25) is 9.59 Å². The zero-order valence-electron chi connectivity index (χ0n) is 12.4. The lowest BCUT2D eigenvalue weighted by molar-refractivity contribution is -0.123. The maximum absolute atomic E-state index is 12.4. The summed E-state index contributed by atoms with van der Waals surface area (Å²) >= 11 is 0. The largest absolute Gasteiger partial charge is 0.491 e. The number of piperazine rings is 1. The molecule has 3 rings (SSSR count). The molecule has 0 bridgehead atoms. The van der Waals surface area contributed by atoms with Crippen LogP contribution < -0.4 is 10.1 Å². The number of nitrogens with zero attached hydrogens (tertiary/aromatic N) is 1. The molecule has 1 aromatic carbocycles. The summed E-state index contributed by atoms with van der Waals surface area (Å²) in [6.45, 7) is 2.44. The lowest BCUT2D eigenvalue weighted by Gasteiger charge is -2.26. The van der Waals surface area contributed by atoms with Crippen LogP contribution in [-0.4, -0.2) is 55.7 Å². The van der Waals surface area contributed by atoms with Crippen LogP contribution in [0.1, 0.15) is 23.2 Å². The van der Waals surface area contributed by atoms with Gasteiger partial charge >= 0.3 is 0 Å². The Kier molecular flexibility index (Phi) is 4.58. The molecule has 0 spiro atoms. The van der Waals surface area contributed by atoms with Crippen molar-refractivity contribution in [3.8, 4) is 5.75 Å². The number of rotatable bonds is 4. The fraction of sp³-hybridized carbons (Fsp3) is 0.500. The summed E-state index contributed by atoms with van der Waals surface area (Å²) < 4.78 is 11.2. The first-order valence-corrected chi connectivity index (χ1v) is 7.63. The fourth-order valence-electron chi connectivity index (χ4n) is 2.68. The summed E-state index contributed by atoms with van der Waals surface area (Å²) in [5.41, 5.74) is 0.541. The summed E-state index contributed by atoms with van der Waals surface area (Å²) in [6, 6.07) is 7.09. The van der Waals surface area contributed by atoms with Crippen LogP contribution in [0.5, 0.6) is 5.75 Å². The summed E-state index contributed by atoms with van der Waals surface area (Å²) in [6.07, 6.45) is 2.23. The SMILES string of the molecule is O=C1CN(C(=O)c2cccc(OC[C@H]3CCCO3)c2)CCN1. The van der Waals surface area contributed by atoms with Crippen LogP contribution in [0.3, 0.4) is 0 Å². The Morgan fingerprint density at radius 3 is 3.14 bits per heavy atom. The maximum atomic E-state index is 12.4. The number of carbonyl (C=O) groups excluding carboxylic acids is 2. The van der Waals surface area contributed by atoms with E-state index in [1.54, 1.807) is 23.1 Å². The number of benzene rings is 1. The Morgan fingerprint density at radius 2 is 2.36 bits per heavy atom. The van der Waals surface area contributed by atoms with Gasteiger partial charge in [0.15, 0.2) is 0 Å². The van der Waals surface area contributed by atoms with Crippen molar-refractivity contribution in [3.63, 3.8) is 0 Å². The normalized spacial score (nSPS) is 21.5. The minimum atomic E-state index is -0.141. The van der Waals surface area contributed by atoms with Crippen LogP contribution in [0.2, 0.25) is 0 Å². The van der Waals surface area contributed by atoms with E-state index in [-0.39, 0.29) is 24.5 Å². The summed E-state index contributed by atoms with van der Waals surface area (Å²) in [7, 11) is 0. The van der Waals surface area contributed by atoms with E-state index in [2.05, 4.69) is 5.32 Å². The first kappa shape index (κ1) is 14.8. The van der Waals surface area contributed by atoms with E-state index < -0.39 is 0 Å². The molecule has 2 aliphatic rings. The lowest BCUT2D eigenvalue weighted by Crippen LogP contribution is -2.49. The van der Waals surface area contributed by atoms with Crippen molar-refractivity contribution < 1.29 is 19.1 Å². The van der Waals surface area contributed by atoms with E-state index in [0.717, 1.165) is 19.4 Å². The van der Waals surface area contributed by atoms with Crippen molar-refractivity contribution in [2.75, 3.05) is 32.8 Å². The minimum absolute atomic E-state index is 0.111. The molecule has 0 saturated carbocycles. The fourth-order valence-corrected chi connectivity index (χ4v) is 2.68. The second kappa shape index (κ2) is 6.79. The zero-order valence-corrected chi connectivity index (χ0v) is 12.4. The van der Waals surface area contributed by atoms with Crippen molar-refractivity contribution in [1.29, 1.82) is 0 Å². The molecule has 0 aliphatic carbocycles. The molecule has 0 aromatic heterocycles. The molecular formula is C16H20N2O4. The molecule has 118 valence electrons. The third-order valence-electron chi connectivity index (χ3n) is 3.87. The average molecular weight is 304 g/mol. The topological polar surface area (TPSA) is 67.9 Å². The number of amides is 2. The molecule has 1 atom stereocenters.